The van der Waals surface area contributed by atoms with Crippen LogP contribution >= 0.6 is 12.4 Å². The zero-order valence-corrected chi connectivity index (χ0v) is 9.71. The Morgan fingerprint density at radius 3 is 2.62 bits per heavy atom. The van der Waals surface area contributed by atoms with Gasteiger partial charge in [0.2, 0.25) is 0 Å². The van der Waals surface area contributed by atoms with Gasteiger partial charge in [-0.05, 0) is 18.2 Å². The van der Waals surface area contributed by atoms with E-state index in [2.05, 4.69) is 0 Å². The summed E-state index contributed by atoms with van der Waals surface area (Å²) in [7, 11) is 1.52. The Morgan fingerprint density at radius 1 is 1.44 bits per heavy atom. The molecule has 90 valence electrons. The Balaban J connectivity index is 0.00000225. The molecule has 0 fully saturated rings. The molecule has 0 aliphatic heterocycles. The van der Waals surface area contributed by atoms with Crippen molar-refractivity contribution in [3.8, 4) is 11.5 Å². The number of benzene rings is 1. The highest BCUT2D eigenvalue weighted by molar-refractivity contribution is 5.95. The maximum absolute atomic E-state index is 8.64. The maximum Gasteiger partial charge on any atom is 0.162 e. The topological polar surface area (TPSA) is 88.6 Å². The summed E-state index contributed by atoms with van der Waals surface area (Å²) in [5.41, 5.74) is 5.90. The first kappa shape index (κ1) is 14.5. The van der Waals surface area contributed by atoms with Crippen LogP contribution in [0.4, 0.5) is 0 Å². The van der Waals surface area contributed by atoms with Crippen LogP contribution in [0.3, 0.4) is 0 Å². The van der Waals surface area contributed by atoms with Gasteiger partial charge >= 0.3 is 0 Å². The number of ether oxygens (including phenoxy) is 2. The normalized spacial score (nSPS) is 9.12. The first-order valence-electron chi connectivity index (χ1n) is 4.45. The SMILES string of the molecule is COc1ccc(C(=N)N)cc1OCCO.Cl. The molecule has 0 heterocycles. The van der Waals surface area contributed by atoms with Crippen LogP contribution in [0.25, 0.3) is 0 Å². The minimum absolute atomic E-state index is 0. The van der Waals surface area contributed by atoms with Gasteiger partial charge < -0.3 is 20.3 Å². The van der Waals surface area contributed by atoms with Gasteiger partial charge in [0, 0.05) is 5.56 Å². The van der Waals surface area contributed by atoms with E-state index < -0.39 is 0 Å². The van der Waals surface area contributed by atoms with Gasteiger partial charge in [-0.25, -0.2) is 0 Å². The van der Waals surface area contributed by atoms with Gasteiger partial charge in [0.15, 0.2) is 11.5 Å². The summed E-state index contributed by atoms with van der Waals surface area (Å²) in [6, 6.07) is 4.95. The molecule has 0 radical (unpaired) electrons. The first-order chi connectivity index (χ1) is 7.19. The van der Waals surface area contributed by atoms with Crippen molar-refractivity contribution in [2.45, 2.75) is 0 Å². The number of aliphatic hydroxyl groups is 1. The summed E-state index contributed by atoms with van der Waals surface area (Å²) in [6.45, 7) is 0.102. The van der Waals surface area contributed by atoms with Gasteiger partial charge in [-0.15, -0.1) is 12.4 Å². The molecule has 16 heavy (non-hydrogen) atoms. The van der Waals surface area contributed by atoms with E-state index in [1.807, 2.05) is 0 Å². The number of aliphatic hydroxyl groups excluding tert-OH is 1. The number of nitrogen functional groups attached to an aromatic ring is 1. The molecule has 0 saturated carbocycles. The molecule has 0 amide bonds. The largest absolute Gasteiger partial charge is 0.493 e. The van der Waals surface area contributed by atoms with E-state index in [4.69, 9.17) is 25.7 Å². The lowest BCUT2D eigenvalue weighted by Gasteiger charge is -2.10. The van der Waals surface area contributed by atoms with Crippen molar-refractivity contribution in [3.63, 3.8) is 0 Å². The third kappa shape index (κ3) is 3.60. The average Bonchev–Trinajstić information content (AvgIpc) is 2.25. The van der Waals surface area contributed by atoms with E-state index in [9.17, 15) is 0 Å². The van der Waals surface area contributed by atoms with Crippen LogP contribution in [0.5, 0.6) is 11.5 Å². The van der Waals surface area contributed by atoms with Gasteiger partial charge in [0.05, 0.1) is 13.7 Å². The van der Waals surface area contributed by atoms with Gasteiger partial charge in [-0.2, -0.15) is 0 Å². The van der Waals surface area contributed by atoms with Crippen molar-refractivity contribution >= 4 is 18.2 Å². The molecular formula is C10H15ClN2O3. The minimum Gasteiger partial charge on any atom is -0.493 e. The fraction of sp³-hybridized carbons (Fsp3) is 0.300. The molecule has 5 nitrogen and oxygen atoms in total. The molecular weight excluding hydrogens is 232 g/mol. The van der Waals surface area contributed by atoms with Gasteiger partial charge in [0.25, 0.3) is 0 Å². The Hall–Kier alpha value is -1.46. The van der Waals surface area contributed by atoms with E-state index in [0.717, 1.165) is 0 Å². The molecule has 0 unspecified atom stereocenters. The van der Waals surface area contributed by atoms with E-state index in [1.54, 1.807) is 18.2 Å². The summed E-state index contributed by atoms with van der Waals surface area (Å²) in [6.07, 6.45) is 0. The quantitative estimate of drug-likeness (QED) is 0.529. The zero-order chi connectivity index (χ0) is 11.3. The number of methoxy groups -OCH3 is 1. The predicted molar refractivity (Wildman–Crippen MR) is 63.8 cm³/mol. The third-order valence-electron chi connectivity index (χ3n) is 1.82. The molecule has 0 aliphatic rings. The highest BCUT2D eigenvalue weighted by atomic mass is 35.5. The maximum atomic E-state index is 8.64. The Kier molecular flexibility index (Phi) is 6.29. The Labute approximate surface area is 100 Å². The van der Waals surface area contributed by atoms with Crippen LogP contribution in [0.1, 0.15) is 5.56 Å². The molecule has 6 heteroatoms. The van der Waals surface area contributed by atoms with Crippen molar-refractivity contribution in [2.75, 3.05) is 20.3 Å². The number of nitrogens with two attached hydrogens (primary N) is 1. The predicted octanol–water partition coefficient (Wildman–Crippen LogP) is 0.772. The average molecular weight is 247 g/mol. The summed E-state index contributed by atoms with van der Waals surface area (Å²) in [5, 5.41) is 15.9. The second kappa shape index (κ2) is 6.92. The highest BCUT2D eigenvalue weighted by Crippen LogP contribution is 2.27. The van der Waals surface area contributed by atoms with Gasteiger partial charge in [0.1, 0.15) is 12.4 Å². The number of nitrogens with one attached hydrogen (secondary N) is 1. The first-order valence-corrected chi connectivity index (χ1v) is 4.45. The fourth-order valence-electron chi connectivity index (χ4n) is 1.11. The van der Waals surface area contributed by atoms with Crippen LogP contribution < -0.4 is 15.2 Å². The van der Waals surface area contributed by atoms with Crippen LogP contribution in [-0.4, -0.2) is 31.3 Å². The van der Waals surface area contributed by atoms with Crippen molar-refractivity contribution in [3.05, 3.63) is 23.8 Å². The van der Waals surface area contributed by atoms with Crippen molar-refractivity contribution < 1.29 is 14.6 Å². The van der Waals surface area contributed by atoms with E-state index >= 15 is 0 Å². The van der Waals surface area contributed by atoms with E-state index in [1.165, 1.54) is 7.11 Å². The van der Waals surface area contributed by atoms with Crippen LogP contribution in [0.15, 0.2) is 18.2 Å². The van der Waals surface area contributed by atoms with Crippen molar-refractivity contribution in [1.29, 1.82) is 5.41 Å². The van der Waals surface area contributed by atoms with E-state index in [-0.39, 0.29) is 31.5 Å². The monoisotopic (exact) mass is 246 g/mol. The molecule has 0 bridgehead atoms. The van der Waals surface area contributed by atoms with Crippen molar-refractivity contribution in [2.24, 2.45) is 5.73 Å². The molecule has 0 atom stereocenters. The molecule has 4 N–H and O–H groups in total. The highest BCUT2D eigenvalue weighted by Gasteiger charge is 2.06. The fourth-order valence-corrected chi connectivity index (χ4v) is 1.11. The van der Waals surface area contributed by atoms with Crippen LogP contribution in [0, 0.1) is 5.41 Å². The number of hydrogen-bond donors (Lipinski definition) is 3. The van der Waals surface area contributed by atoms with E-state index in [0.29, 0.717) is 17.1 Å². The lowest BCUT2D eigenvalue weighted by molar-refractivity contribution is 0.196. The van der Waals surface area contributed by atoms with Crippen LogP contribution in [-0.2, 0) is 0 Å². The van der Waals surface area contributed by atoms with Gasteiger partial charge in [-0.3, -0.25) is 5.41 Å². The summed E-state index contributed by atoms with van der Waals surface area (Å²) in [4.78, 5) is 0. The molecule has 1 rings (SSSR count). The Bertz CT molecular complexity index is 358. The van der Waals surface area contributed by atoms with Crippen LogP contribution in [0.2, 0.25) is 0 Å². The number of amidine groups is 1. The smallest absolute Gasteiger partial charge is 0.162 e. The molecule has 0 aliphatic carbocycles. The summed E-state index contributed by atoms with van der Waals surface area (Å²) >= 11 is 0. The molecule has 0 aromatic heterocycles. The third-order valence-corrected chi connectivity index (χ3v) is 1.82. The molecule has 1 aromatic rings. The standard InChI is InChI=1S/C10H14N2O3.ClH/c1-14-8-3-2-7(10(11)12)6-9(8)15-5-4-13;/h2-3,6,13H,4-5H2,1H3,(H3,11,12);1H. The molecule has 0 spiro atoms. The number of hydrogen-bond acceptors (Lipinski definition) is 4. The number of rotatable bonds is 5. The molecule has 1 aromatic carbocycles. The summed E-state index contributed by atoms with van der Waals surface area (Å²) < 4.78 is 10.3. The zero-order valence-electron chi connectivity index (χ0n) is 8.90. The summed E-state index contributed by atoms with van der Waals surface area (Å²) in [5.74, 6) is 0.985. The van der Waals surface area contributed by atoms with Gasteiger partial charge in [-0.1, -0.05) is 0 Å². The lowest BCUT2D eigenvalue weighted by Crippen LogP contribution is -2.11. The lowest BCUT2D eigenvalue weighted by atomic mass is 10.2. The molecule has 0 saturated heterocycles. The minimum atomic E-state index is -0.0759. The second-order valence-electron chi connectivity index (χ2n) is 2.85. The van der Waals surface area contributed by atoms with Crippen molar-refractivity contribution in [1.82, 2.24) is 0 Å². The number of halogens is 1. The second-order valence-corrected chi connectivity index (χ2v) is 2.85. The Morgan fingerprint density at radius 2 is 2.12 bits per heavy atom.